The van der Waals surface area contributed by atoms with Gasteiger partial charge < -0.3 is 60.9 Å². The van der Waals surface area contributed by atoms with Gasteiger partial charge in [0.15, 0.2) is 28.8 Å². The summed E-state index contributed by atoms with van der Waals surface area (Å²) < 4.78 is 4.99. The molecule has 0 saturated carbocycles. The van der Waals surface area contributed by atoms with Gasteiger partial charge in [0.25, 0.3) is 0 Å². The lowest BCUT2D eigenvalue weighted by atomic mass is 10.1. The minimum atomic E-state index is -0.425. The molecule has 15 heteroatoms. The highest BCUT2D eigenvalue weighted by Gasteiger charge is 2.04. The quantitative estimate of drug-likeness (QED) is 0.0217. The van der Waals surface area contributed by atoms with Gasteiger partial charge in [-0.05, 0) is 143 Å². The van der Waals surface area contributed by atoms with Gasteiger partial charge in [0.05, 0.1) is 20.3 Å². The number of aromatic hydroxyl groups is 6. The average molecular weight is 1020 g/mol. The fourth-order valence-electron chi connectivity index (χ4n) is 6.03. The van der Waals surface area contributed by atoms with Crippen LogP contribution >= 0.6 is 0 Å². The number of aliphatic hydroxyl groups excluding tert-OH is 5. The van der Waals surface area contributed by atoms with E-state index < -0.39 is 11.6 Å². The molecule has 6 aromatic carbocycles. The lowest BCUT2D eigenvalue weighted by molar-refractivity contribution is -0.111. The number of methoxy groups -OCH3 is 1. The van der Waals surface area contributed by atoms with E-state index >= 15 is 0 Å². The first-order valence-corrected chi connectivity index (χ1v) is 22.5. The van der Waals surface area contributed by atoms with E-state index in [9.17, 15) is 55.2 Å². The first-order chi connectivity index (χ1) is 35.9. The van der Waals surface area contributed by atoms with E-state index in [0.717, 1.165) is 34.9 Å². The number of ether oxygens (including phenoxy) is 1. The lowest BCUT2D eigenvalue weighted by Gasteiger charge is -2.03. The van der Waals surface area contributed by atoms with Crippen LogP contribution in [0.5, 0.6) is 40.2 Å². The van der Waals surface area contributed by atoms with Crippen LogP contribution in [0.2, 0.25) is 0 Å². The van der Waals surface area contributed by atoms with E-state index in [1.54, 1.807) is 103 Å². The summed E-state index contributed by atoms with van der Waals surface area (Å²) in [5.74, 6) is -1.07. The van der Waals surface area contributed by atoms with Gasteiger partial charge >= 0.3 is 0 Å². The second-order valence-corrected chi connectivity index (χ2v) is 15.7. The van der Waals surface area contributed by atoms with Crippen LogP contribution in [0.4, 0.5) is 0 Å². The van der Waals surface area contributed by atoms with E-state index in [0.29, 0.717) is 33.6 Å². The van der Waals surface area contributed by atoms with Crippen LogP contribution < -0.4 is 4.74 Å². The van der Waals surface area contributed by atoms with E-state index in [1.807, 2.05) is 0 Å². The Labute approximate surface area is 432 Å². The maximum Gasteiger partial charge on any atom is 0.182 e. The molecule has 0 radical (unpaired) electrons. The van der Waals surface area contributed by atoms with E-state index in [2.05, 4.69) is 0 Å². The Bertz CT molecular complexity index is 3170. The predicted molar refractivity (Wildman–Crippen MR) is 288 cm³/mol. The molecule has 6 aromatic rings. The van der Waals surface area contributed by atoms with Crippen molar-refractivity contribution in [1.82, 2.24) is 0 Å². The monoisotopic (exact) mass is 1010 g/mol. The summed E-state index contributed by atoms with van der Waals surface area (Å²) in [5, 5.41) is 104. The van der Waals surface area contributed by atoms with Crippen molar-refractivity contribution in [2.24, 2.45) is 0 Å². The molecule has 0 heterocycles. The Morgan fingerprint density at radius 2 is 0.640 bits per heavy atom. The Hall–Kier alpha value is -10.1. The topological polar surface area (TPSA) is 283 Å². The molecule has 0 aliphatic heterocycles. The molecule has 0 atom stereocenters. The van der Waals surface area contributed by atoms with Crippen LogP contribution in [0, 0.1) is 0 Å². The van der Waals surface area contributed by atoms with Crippen LogP contribution in [-0.4, -0.2) is 80.6 Å². The van der Waals surface area contributed by atoms with Crippen molar-refractivity contribution in [1.29, 1.82) is 0 Å². The third-order valence-electron chi connectivity index (χ3n) is 9.96. The molecule has 0 bridgehead atoms. The third-order valence-corrected chi connectivity index (χ3v) is 9.96. The number of hydrogen-bond acceptors (Lipinski definition) is 15. The van der Waals surface area contributed by atoms with Crippen molar-refractivity contribution in [3.05, 3.63) is 244 Å². The highest BCUT2D eigenvalue weighted by Crippen LogP contribution is 2.27. The molecule has 15 nitrogen and oxygen atoms in total. The number of rotatable bonds is 18. The summed E-state index contributed by atoms with van der Waals surface area (Å²) in [4.78, 5) is 35.4. The molecule has 75 heavy (non-hydrogen) atoms. The van der Waals surface area contributed by atoms with Crippen LogP contribution in [0.15, 0.2) is 199 Å². The summed E-state index contributed by atoms with van der Waals surface area (Å²) in [7, 11) is 1.43. The Morgan fingerprint density at radius 1 is 0.373 bits per heavy atom. The smallest absolute Gasteiger partial charge is 0.182 e. The fourth-order valence-corrected chi connectivity index (χ4v) is 6.03. The molecule has 0 saturated heterocycles. The van der Waals surface area contributed by atoms with Gasteiger partial charge in [0.1, 0.15) is 46.0 Å². The zero-order chi connectivity index (χ0) is 54.7. The van der Waals surface area contributed by atoms with Gasteiger partial charge in [-0.15, -0.1) is 0 Å². The molecule has 0 unspecified atom stereocenters. The largest absolute Gasteiger partial charge is 0.508 e. The van der Waals surface area contributed by atoms with Gasteiger partial charge in [0.2, 0.25) is 0 Å². The van der Waals surface area contributed by atoms with Crippen LogP contribution in [-0.2, 0) is 27.6 Å². The molecule has 0 aliphatic rings. The number of phenols is 6. The normalized spacial score (nSPS) is 12.1. The molecule has 0 aromatic heterocycles. The van der Waals surface area contributed by atoms with Crippen molar-refractivity contribution in [2.75, 3.05) is 7.11 Å². The molecule has 0 aliphatic carbocycles. The fraction of sp³-hybridized carbons (Fsp3) is 0.0500. The second-order valence-electron chi connectivity index (χ2n) is 15.7. The summed E-state index contributed by atoms with van der Waals surface area (Å²) >= 11 is 0. The van der Waals surface area contributed by atoms with Crippen molar-refractivity contribution in [3.8, 4) is 40.2 Å². The SMILES string of the molecule is COc1cc(/C=C/C(=O)C=C(O)/C=C/c2ccc(O)c(CO)c2)ccc1O.O=C(/C=C(O)/C=C/c1ccc(O)cc1)/C=C/c1ccc(O)cc1.O=C(C=C(O)/C=C/c1ccc(O)c(CO)c1)/C=C/c1ccc(O)cc1. The van der Waals surface area contributed by atoms with Gasteiger partial charge in [-0.2, -0.15) is 0 Å². The van der Waals surface area contributed by atoms with Crippen molar-refractivity contribution < 1.29 is 75.3 Å². The molecular formula is C60H54O15. The minimum Gasteiger partial charge on any atom is -0.508 e. The summed E-state index contributed by atoms with van der Waals surface area (Å²) in [6, 6.07) is 33.1. The number of ketones is 3. The second kappa shape index (κ2) is 29.9. The summed E-state index contributed by atoms with van der Waals surface area (Å²) in [6.07, 6.45) is 20.7. The van der Waals surface area contributed by atoms with E-state index in [1.165, 1.54) is 104 Å². The first-order valence-electron chi connectivity index (χ1n) is 22.5. The van der Waals surface area contributed by atoms with Crippen LogP contribution in [0.1, 0.15) is 44.5 Å². The minimum absolute atomic E-state index is 0.00207. The van der Waals surface area contributed by atoms with E-state index in [-0.39, 0.29) is 70.8 Å². The number of carbonyl (C=O) groups is 3. The van der Waals surface area contributed by atoms with Gasteiger partial charge in [-0.1, -0.05) is 91.1 Å². The number of carbonyl (C=O) groups excluding carboxylic acids is 3. The van der Waals surface area contributed by atoms with Crippen LogP contribution in [0.25, 0.3) is 36.5 Å². The molecule has 0 spiro atoms. The molecule has 384 valence electrons. The molecule has 0 fully saturated rings. The predicted octanol–water partition coefficient (Wildman–Crippen LogP) is 10.5. The zero-order valence-corrected chi connectivity index (χ0v) is 40.3. The van der Waals surface area contributed by atoms with Gasteiger partial charge in [-0.3, -0.25) is 14.4 Å². The van der Waals surface area contributed by atoms with Crippen LogP contribution in [0.3, 0.4) is 0 Å². The number of aliphatic hydroxyl groups is 5. The Kier molecular flexibility index (Phi) is 23.0. The lowest BCUT2D eigenvalue weighted by Crippen LogP contribution is -1.89. The Balaban J connectivity index is 0.000000244. The number of allylic oxidation sites excluding steroid dienone is 9. The summed E-state index contributed by atoms with van der Waals surface area (Å²) in [5.41, 5.74) is 5.00. The molecule has 11 N–H and O–H groups in total. The molecular weight excluding hydrogens is 961 g/mol. The maximum atomic E-state index is 11.9. The van der Waals surface area contributed by atoms with Crippen molar-refractivity contribution in [2.45, 2.75) is 13.2 Å². The highest BCUT2D eigenvalue weighted by molar-refractivity contribution is 6.03. The van der Waals surface area contributed by atoms with Crippen molar-refractivity contribution in [3.63, 3.8) is 0 Å². The number of hydrogen-bond donors (Lipinski definition) is 11. The number of phenolic OH excluding ortho intramolecular Hbond substituents is 4. The summed E-state index contributed by atoms with van der Waals surface area (Å²) in [6.45, 7) is -0.601. The maximum absolute atomic E-state index is 11.9. The average Bonchev–Trinajstić information content (AvgIpc) is 3.40. The van der Waals surface area contributed by atoms with E-state index in [4.69, 9.17) is 20.1 Å². The zero-order valence-electron chi connectivity index (χ0n) is 40.3. The molecule has 6 rings (SSSR count). The van der Waals surface area contributed by atoms with Gasteiger partial charge in [-0.25, -0.2) is 0 Å². The molecule has 0 amide bonds. The first kappa shape index (κ1) is 57.5. The number of benzene rings is 6. The third kappa shape index (κ3) is 21.4. The van der Waals surface area contributed by atoms with Gasteiger partial charge in [0, 0.05) is 29.4 Å². The van der Waals surface area contributed by atoms with Crippen molar-refractivity contribution >= 4 is 53.8 Å². The Morgan fingerprint density at radius 3 is 0.960 bits per heavy atom. The highest BCUT2D eigenvalue weighted by atomic mass is 16.5. The standard InChI is InChI=1S/C21H20O6.C20H18O5.C19H16O4/c1-27-21-11-15(5-9-20(21)26)3-7-18(24)12-17(23)6-2-14-4-8-19(25)16(10-14)13-22;21-13-16-11-15(5-10-20(16)25)4-9-19(24)12-18(23)8-3-14-1-6-17(22)7-2-14;20-16-7-1-14(2-8-16)5-11-18(22)13-19(23)12-6-15-3-9-17(21)10-4-15/h2-12,22-23,25-26H,13H2,1H3;1-12,21-22,24-25H,13H2;1-13,20-22H/b6-2+,7-3+,17-12?;8-3+,9-4+,19-12?;11-5+,12-6+,18-13-.